The van der Waals surface area contributed by atoms with Crippen LogP contribution in [0.15, 0.2) is 42.7 Å². The minimum absolute atomic E-state index is 0.00817. The topological polar surface area (TPSA) is 80.1 Å². The minimum Gasteiger partial charge on any atom is -0.343 e. The zero-order valence-electron chi connectivity index (χ0n) is 13.9. The van der Waals surface area contributed by atoms with E-state index in [0.29, 0.717) is 11.6 Å². The van der Waals surface area contributed by atoms with Crippen molar-refractivity contribution in [1.82, 2.24) is 25.2 Å². The summed E-state index contributed by atoms with van der Waals surface area (Å²) >= 11 is 0. The van der Waals surface area contributed by atoms with E-state index in [9.17, 15) is 9.59 Å². The maximum absolute atomic E-state index is 12.7. The molecule has 0 saturated carbocycles. The van der Waals surface area contributed by atoms with E-state index in [2.05, 4.69) is 15.6 Å². The highest BCUT2D eigenvalue weighted by Crippen LogP contribution is 2.40. The lowest BCUT2D eigenvalue weighted by atomic mass is 9.97. The van der Waals surface area contributed by atoms with Gasteiger partial charge in [0, 0.05) is 23.8 Å². The van der Waals surface area contributed by atoms with E-state index in [0.717, 1.165) is 25.7 Å². The quantitative estimate of drug-likeness (QED) is 0.913. The van der Waals surface area contributed by atoms with Gasteiger partial charge in [-0.1, -0.05) is 23.4 Å². The minimum atomic E-state index is -0.209. The molecule has 1 aromatic carbocycles. The van der Waals surface area contributed by atoms with Crippen LogP contribution < -0.4 is 5.32 Å². The molecule has 3 heterocycles. The highest BCUT2D eigenvalue weighted by molar-refractivity contribution is 5.96. The molecule has 2 aliphatic rings. The van der Waals surface area contributed by atoms with Gasteiger partial charge in [0.25, 0.3) is 5.91 Å². The highest BCUT2D eigenvalue weighted by atomic mass is 16.2. The normalized spacial score (nSPS) is 25.0. The maximum Gasteiger partial charge on any atom is 0.251 e. The molecule has 0 aliphatic carbocycles. The molecule has 0 radical (unpaired) electrons. The van der Waals surface area contributed by atoms with E-state index in [-0.39, 0.29) is 30.4 Å². The molecule has 1 N–H and O–H groups in total. The summed E-state index contributed by atoms with van der Waals surface area (Å²) in [5, 5.41) is 10.7. The molecule has 7 heteroatoms. The van der Waals surface area contributed by atoms with Crippen molar-refractivity contribution in [2.24, 2.45) is 0 Å². The molecule has 2 aliphatic heterocycles. The van der Waals surface area contributed by atoms with E-state index < -0.39 is 0 Å². The Labute approximate surface area is 146 Å². The Morgan fingerprint density at radius 1 is 1.08 bits per heavy atom. The number of nitrogens with one attached hydrogen (secondary N) is 1. The Balaban J connectivity index is 1.36. The molecule has 1 aromatic heterocycles. The van der Waals surface area contributed by atoms with Crippen LogP contribution in [0, 0.1) is 0 Å². The summed E-state index contributed by atoms with van der Waals surface area (Å²) in [5.41, 5.74) is 0.572. The monoisotopic (exact) mass is 339 g/mol. The number of carbonyl (C=O) groups excluding carboxylic acids is 2. The first-order valence-corrected chi connectivity index (χ1v) is 8.72. The second kappa shape index (κ2) is 6.66. The molecular formula is C18H21N5O2. The molecule has 2 atom stereocenters. The molecule has 2 fully saturated rings. The summed E-state index contributed by atoms with van der Waals surface area (Å²) in [4.78, 5) is 26.8. The summed E-state index contributed by atoms with van der Waals surface area (Å²) in [6, 6.07) is 9.74. The molecule has 25 heavy (non-hydrogen) atoms. The second-order valence-electron chi connectivity index (χ2n) is 6.74. The fourth-order valence-electron chi connectivity index (χ4n) is 4.12. The van der Waals surface area contributed by atoms with Gasteiger partial charge in [-0.15, -0.1) is 5.10 Å². The molecular weight excluding hydrogens is 318 g/mol. The van der Waals surface area contributed by atoms with Gasteiger partial charge in [0.15, 0.2) is 0 Å². The van der Waals surface area contributed by atoms with E-state index in [1.54, 1.807) is 18.3 Å². The summed E-state index contributed by atoms with van der Waals surface area (Å²) in [7, 11) is 0. The van der Waals surface area contributed by atoms with Crippen molar-refractivity contribution < 1.29 is 9.59 Å². The lowest BCUT2D eigenvalue weighted by Crippen LogP contribution is -2.50. The fraction of sp³-hybridized carbons (Fsp3) is 0.444. The molecule has 2 unspecified atom stereocenters. The van der Waals surface area contributed by atoms with Crippen molar-refractivity contribution in [3.63, 3.8) is 0 Å². The SMILES string of the molecule is O=C(NCC(=O)N1C2CCC1CC(n1ccnn1)C2)c1ccccc1. The Hall–Kier alpha value is -2.70. The van der Waals surface area contributed by atoms with Crippen LogP contribution >= 0.6 is 0 Å². The Kier molecular flexibility index (Phi) is 4.21. The van der Waals surface area contributed by atoms with Gasteiger partial charge in [0.1, 0.15) is 0 Å². The number of hydrogen-bond acceptors (Lipinski definition) is 4. The van der Waals surface area contributed by atoms with Gasteiger partial charge in [-0.3, -0.25) is 9.59 Å². The largest absolute Gasteiger partial charge is 0.343 e. The van der Waals surface area contributed by atoms with Gasteiger partial charge in [0.2, 0.25) is 5.91 Å². The smallest absolute Gasteiger partial charge is 0.251 e. The van der Waals surface area contributed by atoms with Crippen LogP contribution in [0.25, 0.3) is 0 Å². The average Bonchev–Trinajstić information content (AvgIpc) is 3.27. The third kappa shape index (κ3) is 3.14. The van der Waals surface area contributed by atoms with Gasteiger partial charge in [0.05, 0.1) is 18.8 Å². The Bertz CT molecular complexity index is 732. The van der Waals surface area contributed by atoms with Gasteiger partial charge in [-0.25, -0.2) is 4.68 Å². The first kappa shape index (κ1) is 15.8. The molecule has 0 spiro atoms. The maximum atomic E-state index is 12.7. The highest BCUT2D eigenvalue weighted by Gasteiger charge is 2.43. The molecule has 7 nitrogen and oxygen atoms in total. The number of amides is 2. The summed E-state index contributed by atoms with van der Waals surface area (Å²) in [6.45, 7) is 0.0503. The number of fused-ring (bicyclic) bond motifs is 2. The van der Waals surface area contributed by atoms with Crippen molar-refractivity contribution in [2.45, 2.75) is 43.8 Å². The number of aromatic nitrogens is 3. The van der Waals surface area contributed by atoms with Gasteiger partial charge < -0.3 is 10.2 Å². The third-order valence-corrected chi connectivity index (χ3v) is 5.25. The van der Waals surface area contributed by atoms with Crippen molar-refractivity contribution >= 4 is 11.8 Å². The van der Waals surface area contributed by atoms with Crippen LogP contribution in [0.4, 0.5) is 0 Å². The standard InChI is InChI=1S/C18H21N5O2/c24-17(12-19-18(25)13-4-2-1-3-5-13)23-14-6-7-15(23)11-16(10-14)22-9-8-20-21-22/h1-5,8-9,14-16H,6-7,10-12H2,(H,19,25). The molecule has 4 rings (SSSR count). The molecule has 2 bridgehead atoms. The van der Waals surface area contributed by atoms with E-state index in [4.69, 9.17) is 0 Å². The van der Waals surface area contributed by atoms with Crippen LogP contribution in [-0.2, 0) is 4.79 Å². The predicted octanol–water partition coefficient (Wildman–Crippen LogP) is 1.40. The van der Waals surface area contributed by atoms with E-state index >= 15 is 0 Å². The van der Waals surface area contributed by atoms with Crippen molar-refractivity contribution in [3.8, 4) is 0 Å². The number of benzene rings is 1. The molecule has 2 amide bonds. The molecule has 130 valence electrons. The number of nitrogens with zero attached hydrogens (tertiary/aromatic N) is 4. The molecule has 2 saturated heterocycles. The van der Waals surface area contributed by atoms with E-state index in [1.165, 1.54) is 0 Å². The zero-order valence-corrected chi connectivity index (χ0v) is 13.9. The number of carbonyl (C=O) groups is 2. The average molecular weight is 339 g/mol. The Morgan fingerprint density at radius 3 is 2.44 bits per heavy atom. The van der Waals surface area contributed by atoms with Crippen LogP contribution in [0.5, 0.6) is 0 Å². The summed E-state index contributed by atoms with van der Waals surface area (Å²) in [6.07, 6.45) is 7.43. The lowest BCUT2D eigenvalue weighted by molar-refractivity contribution is -0.135. The number of piperidine rings is 1. The van der Waals surface area contributed by atoms with Crippen LogP contribution in [0.3, 0.4) is 0 Å². The van der Waals surface area contributed by atoms with Crippen molar-refractivity contribution in [2.75, 3.05) is 6.54 Å². The van der Waals surface area contributed by atoms with Crippen LogP contribution in [0.2, 0.25) is 0 Å². The van der Waals surface area contributed by atoms with Crippen LogP contribution in [0.1, 0.15) is 42.1 Å². The van der Waals surface area contributed by atoms with Crippen molar-refractivity contribution in [3.05, 3.63) is 48.3 Å². The summed E-state index contributed by atoms with van der Waals surface area (Å²) < 4.78 is 1.91. The fourth-order valence-corrected chi connectivity index (χ4v) is 4.12. The van der Waals surface area contributed by atoms with Crippen molar-refractivity contribution in [1.29, 1.82) is 0 Å². The second-order valence-corrected chi connectivity index (χ2v) is 6.74. The molecule has 2 aromatic rings. The first-order chi connectivity index (χ1) is 12.2. The first-order valence-electron chi connectivity index (χ1n) is 8.72. The van der Waals surface area contributed by atoms with Gasteiger partial charge >= 0.3 is 0 Å². The Morgan fingerprint density at radius 2 is 1.80 bits per heavy atom. The van der Waals surface area contributed by atoms with Gasteiger partial charge in [-0.05, 0) is 37.8 Å². The predicted molar refractivity (Wildman–Crippen MR) is 90.7 cm³/mol. The zero-order chi connectivity index (χ0) is 17.2. The number of rotatable bonds is 4. The number of hydrogen-bond donors (Lipinski definition) is 1. The van der Waals surface area contributed by atoms with Gasteiger partial charge in [-0.2, -0.15) is 0 Å². The third-order valence-electron chi connectivity index (χ3n) is 5.25. The summed E-state index contributed by atoms with van der Waals surface area (Å²) in [5.74, 6) is -0.201. The lowest BCUT2D eigenvalue weighted by Gasteiger charge is -2.38. The van der Waals surface area contributed by atoms with E-state index in [1.807, 2.05) is 34.0 Å². The van der Waals surface area contributed by atoms with Crippen LogP contribution in [-0.4, -0.2) is 50.3 Å².